The molecule has 0 heterocycles. The van der Waals surface area contributed by atoms with E-state index in [2.05, 4.69) is 12.2 Å². The summed E-state index contributed by atoms with van der Waals surface area (Å²) in [7, 11) is 0. The van der Waals surface area contributed by atoms with Crippen molar-refractivity contribution in [3.05, 3.63) is 35.9 Å². The van der Waals surface area contributed by atoms with Crippen LogP contribution < -0.4 is 4.74 Å². The van der Waals surface area contributed by atoms with E-state index < -0.39 is 0 Å². The lowest BCUT2D eigenvalue weighted by Gasteiger charge is -2.09. The minimum absolute atomic E-state index is 0.179. The first-order chi connectivity index (χ1) is 8.58. The molecule has 0 saturated heterocycles. The van der Waals surface area contributed by atoms with Crippen molar-refractivity contribution in [3.63, 3.8) is 0 Å². The summed E-state index contributed by atoms with van der Waals surface area (Å²) in [4.78, 5) is 10.7. The fraction of sp³-hybridized carbons (Fsp3) is 0.400. The molecule has 2 nitrogen and oxygen atoms in total. The largest absolute Gasteiger partial charge is 0.491 e. The molecule has 0 unspecified atom stereocenters. The number of rotatable bonds is 6. The third-order valence-electron chi connectivity index (χ3n) is 2.15. The Bertz CT molecular complexity index is 393. The molecule has 1 aromatic carbocycles. The molecule has 98 valence electrons. The number of hydrogen-bond donors (Lipinski definition) is 0. The molecular weight excluding hydrogens is 244 g/mol. The summed E-state index contributed by atoms with van der Waals surface area (Å²) in [5.41, 5.74) is 1.15. The van der Waals surface area contributed by atoms with Crippen molar-refractivity contribution in [2.75, 3.05) is 5.75 Å². The van der Waals surface area contributed by atoms with Crippen molar-refractivity contribution in [3.8, 4) is 5.75 Å². The van der Waals surface area contributed by atoms with Crippen LogP contribution in [0.1, 0.15) is 32.8 Å². The van der Waals surface area contributed by atoms with Crippen LogP contribution in [-0.2, 0) is 4.79 Å². The SMILES string of the molecule is CC(=O)SCCC=Cc1ccc(OC(C)C)cc1. The van der Waals surface area contributed by atoms with Gasteiger partial charge in [-0.3, -0.25) is 4.79 Å². The van der Waals surface area contributed by atoms with Gasteiger partial charge in [0, 0.05) is 12.7 Å². The lowest BCUT2D eigenvalue weighted by molar-refractivity contribution is -0.109. The number of hydrogen-bond acceptors (Lipinski definition) is 3. The van der Waals surface area contributed by atoms with Crippen LogP contribution in [0.15, 0.2) is 30.3 Å². The van der Waals surface area contributed by atoms with Gasteiger partial charge in [-0.2, -0.15) is 0 Å². The van der Waals surface area contributed by atoms with Gasteiger partial charge in [-0.15, -0.1) is 0 Å². The van der Waals surface area contributed by atoms with E-state index in [1.54, 1.807) is 6.92 Å². The van der Waals surface area contributed by atoms with E-state index >= 15 is 0 Å². The summed E-state index contributed by atoms with van der Waals surface area (Å²) < 4.78 is 5.57. The van der Waals surface area contributed by atoms with E-state index in [-0.39, 0.29) is 11.2 Å². The average molecular weight is 264 g/mol. The van der Waals surface area contributed by atoms with E-state index in [0.29, 0.717) is 0 Å². The van der Waals surface area contributed by atoms with Crippen LogP contribution in [0, 0.1) is 0 Å². The van der Waals surface area contributed by atoms with Crippen LogP contribution in [-0.4, -0.2) is 17.0 Å². The molecule has 0 spiro atoms. The summed E-state index contributed by atoms with van der Waals surface area (Å²) in [5.74, 6) is 1.75. The minimum atomic E-state index is 0.179. The van der Waals surface area contributed by atoms with E-state index in [1.807, 2.05) is 38.1 Å². The third kappa shape index (κ3) is 6.50. The first-order valence-electron chi connectivity index (χ1n) is 6.14. The Kier molecular flexibility index (Phi) is 6.58. The summed E-state index contributed by atoms with van der Waals surface area (Å²) >= 11 is 1.37. The van der Waals surface area contributed by atoms with Crippen molar-refractivity contribution >= 4 is 23.0 Å². The molecule has 0 atom stereocenters. The van der Waals surface area contributed by atoms with Crippen molar-refractivity contribution in [2.45, 2.75) is 33.3 Å². The van der Waals surface area contributed by atoms with Crippen LogP contribution in [0.4, 0.5) is 0 Å². The Hall–Kier alpha value is -1.22. The molecule has 3 heteroatoms. The molecule has 0 bridgehead atoms. The molecular formula is C15H20O2S. The van der Waals surface area contributed by atoms with Crippen LogP contribution in [0.3, 0.4) is 0 Å². The van der Waals surface area contributed by atoms with Crippen molar-refractivity contribution in [1.29, 1.82) is 0 Å². The predicted molar refractivity (Wildman–Crippen MR) is 79.0 cm³/mol. The molecule has 0 radical (unpaired) electrons. The number of thioether (sulfide) groups is 1. The van der Waals surface area contributed by atoms with Crippen molar-refractivity contribution in [1.82, 2.24) is 0 Å². The zero-order chi connectivity index (χ0) is 13.4. The third-order valence-corrected chi connectivity index (χ3v) is 3.00. The Balaban J connectivity index is 2.38. The molecule has 1 rings (SSSR count). The number of benzene rings is 1. The van der Waals surface area contributed by atoms with Gasteiger partial charge in [0.2, 0.25) is 0 Å². The maximum absolute atomic E-state index is 10.7. The maximum Gasteiger partial charge on any atom is 0.185 e. The van der Waals surface area contributed by atoms with Crippen molar-refractivity contribution in [2.24, 2.45) is 0 Å². The highest BCUT2D eigenvalue weighted by atomic mass is 32.2. The molecule has 0 N–H and O–H groups in total. The van der Waals surface area contributed by atoms with Gasteiger partial charge in [0.05, 0.1) is 6.10 Å². The zero-order valence-corrected chi connectivity index (χ0v) is 12.0. The van der Waals surface area contributed by atoms with Gasteiger partial charge >= 0.3 is 0 Å². The second-order valence-electron chi connectivity index (χ2n) is 4.27. The molecule has 0 aliphatic rings. The molecule has 0 saturated carbocycles. The van der Waals surface area contributed by atoms with Crippen LogP contribution in [0.5, 0.6) is 5.75 Å². The number of carbonyl (C=O) groups is 1. The van der Waals surface area contributed by atoms with Gasteiger partial charge in [-0.1, -0.05) is 36.0 Å². The van der Waals surface area contributed by atoms with Crippen molar-refractivity contribution < 1.29 is 9.53 Å². The molecule has 18 heavy (non-hydrogen) atoms. The van der Waals surface area contributed by atoms with Gasteiger partial charge in [0.15, 0.2) is 5.12 Å². The molecule has 0 aliphatic heterocycles. The van der Waals surface area contributed by atoms with Gasteiger partial charge in [0.1, 0.15) is 5.75 Å². The Morgan fingerprint density at radius 1 is 1.33 bits per heavy atom. The Morgan fingerprint density at radius 2 is 2.00 bits per heavy atom. The second kappa shape index (κ2) is 7.98. The monoisotopic (exact) mass is 264 g/mol. The molecule has 0 aliphatic carbocycles. The van der Waals surface area contributed by atoms with E-state index in [1.165, 1.54) is 11.8 Å². The molecule has 0 fully saturated rings. The maximum atomic E-state index is 10.7. The quantitative estimate of drug-likeness (QED) is 0.722. The number of allylic oxidation sites excluding steroid dienone is 1. The van der Waals surface area contributed by atoms with E-state index in [4.69, 9.17) is 4.74 Å². The molecule has 1 aromatic rings. The summed E-state index contributed by atoms with van der Waals surface area (Å²) in [5, 5.41) is 0.179. The lowest BCUT2D eigenvalue weighted by atomic mass is 10.2. The summed E-state index contributed by atoms with van der Waals surface area (Å²) in [6.45, 7) is 5.63. The van der Waals surface area contributed by atoms with Gasteiger partial charge in [-0.05, 0) is 38.0 Å². The number of carbonyl (C=O) groups excluding carboxylic acids is 1. The normalized spacial score (nSPS) is 11.1. The fourth-order valence-corrected chi connectivity index (χ4v) is 1.96. The highest BCUT2D eigenvalue weighted by molar-refractivity contribution is 8.13. The van der Waals surface area contributed by atoms with Crippen LogP contribution in [0.2, 0.25) is 0 Å². The lowest BCUT2D eigenvalue weighted by Crippen LogP contribution is -2.05. The minimum Gasteiger partial charge on any atom is -0.491 e. The Morgan fingerprint density at radius 3 is 2.56 bits per heavy atom. The van der Waals surface area contributed by atoms with Crippen LogP contribution >= 0.6 is 11.8 Å². The average Bonchev–Trinajstić information content (AvgIpc) is 2.30. The summed E-state index contributed by atoms with van der Waals surface area (Å²) in [6, 6.07) is 8.02. The van der Waals surface area contributed by atoms with Gasteiger partial charge in [-0.25, -0.2) is 0 Å². The van der Waals surface area contributed by atoms with Crippen LogP contribution in [0.25, 0.3) is 6.08 Å². The van der Waals surface area contributed by atoms with E-state index in [0.717, 1.165) is 23.5 Å². The number of ether oxygens (including phenoxy) is 1. The zero-order valence-electron chi connectivity index (χ0n) is 11.2. The predicted octanol–water partition coefficient (Wildman–Crippen LogP) is 4.16. The molecule has 0 aromatic heterocycles. The first kappa shape index (κ1) is 14.8. The van der Waals surface area contributed by atoms with Gasteiger partial charge in [0.25, 0.3) is 0 Å². The Labute approximate surface area is 113 Å². The summed E-state index contributed by atoms with van der Waals surface area (Å²) in [6.07, 6.45) is 5.28. The van der Waals surface area contributed by atoms with Gasteiger partial charge < -0.3 is 4.74 Å². The molecule has 0 amide bonds. The standard InChI is InChI=1S/C15H20O2S/c1-12(2)17-15-9-7-14(8-10-15)6-4-5-11-18-13(3)16/h4,6-10,12H,5,11H2,1-3H3. The fourth-order valence-electron chi connectivity index (χ4n) is 1.42. The second-order valence-corrected chi connectivity index (χ2v) is 5.54. The highest BCUT2D eigenvalue weighted by Gasteiger charge is 1.96. The topological polar surface area (TPSA) is 26.3 Å². The van der Waals surface area contributed by atoms with E-state index in [9.17, 15) is 4.79 Å². The highest BCUT2D eigenvalue weighted by Crippen LogP contribution is 2.15. The smallest absolute Gasteiger partial charge is 0.185 e. The first-order valence-corrected chi connectivity index (χ1v) is 7.13.